The molecule has 6 aromatic carbocycles. The second-order valence-electron chi connectivity index (χ2n) is 10.2. The van der Waals surface area contributed by atoms with Crippen LogP contribution in [0, 0.1) is 0 Å². The molecule has 0 unspecified atom stereocenters. The van der Waals surface area contributed by atoms with E-state index in [0.717, 1.165) is 44.2 Å². The minimum Gasteiger partial charge on any atom is -0.309 e. The molecule has 0 bridgehead atoms. The van der Waals surface area contributed by atoms with Crippen LogP contribution < -0.4 is 5.56 Å². The smallest absolute Gasteiger partial charge is 0.263 e. The summed E-state index contributed by atoms with van der Waals surface area (Å²) in [5, 5.41) is 5.30. The van der Waals surface area contributed by atoms with Crippen LogP contribution in [0.3, 0.4) is 0 Å². The molecule has 8 rings (SSSR count). The van der Waals surface area contributed by atoms with E-state index in [1.807, 2.05) is 59.2 Å². The lowest BCUT2D eigenvalue weighted by molar-refractivity contribution is 1.06. The Morgan fingerprint density at radius 1 is 0.325 bits per heavy atom. The number of hydrogen-bond donors (Lipinski definition) is 0. The van der Waals surface area contributed by atoms with Crippen molar-refractivity contribution in [1.82, 2.24) is 9.13 Å². The maximum atomic E-state index is 13.6. The normalized spacial score (nSPS) is 11.6. The Kier molecular flexibility index (Phi) is 4.98. The van der Waals surface area contributed by atoms with Crippen molar-refractivity contribution < 1.29 is 0 Å². The van der Waals surface area contributed by atoms with Crippen LogP contribution in [-0.2, 0) is 0 Å². The van der Waals surface area contributed by atoms with Crippen molar-refractivity contribution in [3.8, 4) is 22.5 Å². The highest BCUT2D eigenvalue weighted by atomic mass is 16.1. The molecule has 8 aromatic rings. The molecule has 0 radical (unpaired) electrons. The number of benzene rings is 6. The van der Waals surface area contributed by atoms with Crippen LogP contribution in [0.2, 0.25) is 0 Å². The predicted octanol–water partition coefficient (Wildman–Crippen LogP) is 8.91. The second kappa shape index (κ2) is 8.82. The summed E-state index contributed by atoms with van der Waals surface area (Å²) in [4.78, 5) is 13.6. The molecule has 0 fully saturated rings. The molecule has 0 N–H and O–H groups in total. The van der Waals surface area contributed by atoms with Crippen LogP contribution in [0.5, 0.6) is 0 Å². The first-order chi connectivity index (χ1) is 19.8. The zero-order valence-corrected chi connectivity index (χ0v) is 21.7. The van der Waals surface area contributed by atoms with Gasteiger partial charge in [0.05, 0.1) is 16.6 Å². The molecule has 0 saturated heterocycles. The topological polar surface area (TPSA) is 26.9 Å². The van der Waals surface area contributed by atoms with Gasteiger partial charge < -0.3 is 4.57 Å². The Morgan fingerprint density at radius 2 is 0.675 bits per heavy atom. The number of fused-ring (bicyclic) bond motifs is 6. The number of pyridine rings is 1. The number of hydrogen-bond acceptors (Lipinski definition) is 1. The standard InChI is InChI=1S/C37H24N2O/c40-37-33-13-2-1-9-29(33)30-10-3-8-16-36(30)39(37)28-23-19-26(20-24-28)25-17-21-27(22-18-25)38-34-14-6-4-11-31(34)32-12-5-7-15-35(32)38/h1-24H. The molecule has 3 heteroatoms. The van der Waals surface area contributed by atoms with Crippen molar-refractivity contribution in [3.05, 3.63) is 156 Å². The molecule has 3 nitrogen and oxygen atoms in total. The zero-order valence-electron chi connectivity index (χ0n) is 21.7. The summed E-state index contributed by atoms with van der Waals surface area (Å²) in [5.74, 6) is 0. The molecule has 188 valence electrons. The van der Waals surface area contributed by atoms with Gasteiger partial charge in [0.15, 0.2) is 0 Å². The fraction of sp³-hybridized carbons (Fsp3) is 0. The molecule has 2 heterocycles. The van der Waals surface area contributed by atoms with Gasteiger partial charge in [-0.3, -0.25) is 9.36 Å². The van der Waals surface area contributed by atoms with E-state index in [-0.39, 0.29) is 5.56 Å². The van der Waals surface area contributed by atoms with Crippen molar-refractivity contribution >= 4 is 43.5 Å². The summed E-state index contributed by atoms with van der Waals surface area (Å²) >= 11 is 0. The second-order valence-corrected chi connectivity index (χ2v) is 10.2. The van der Waals surface area contributed by atoms with Crippen LogP contribution in [0.1, 0.15) is 0 Å². The molecule has 0 amide bonds. The SMILES string of the molecule is O=c1c2ccccc2c2ccccc2n1-c1ccc(-c2ccc(-n3c4ccccc4c4ccccc43)cc2)cc1. The minimum absolute atomic E-state index is 0.00224. The molecule has 0 atom stereocenters. The zero-order chi connectivity index (χ0) is 26.6. The Balaban J connectivity index is 1.21. The lowest BCUT2D eigenvalue weighted by atomic mass is 10.0. The molecule has 0 spiro atoms. The summed E-state index contributed by atoms with van der Waals surface area (Å²) in [6, 6.07) is 50.1. The first-order valence-corrected chi connectivity index (χ1v) is 13.5. The van der Waals surface area contributed by atoms with Crippen LogP contribution in [0.15, 0.2) is 150 Å². The largest absolute Gasteiger partial charge is 0.309 e. The van der Waals surface area contributed by atoms with E-state index in [1.54, 1.807) is 0 Å². The maximum absolute atomic E-state index is 13.6. The first kappa shape index (κ1) is 22.6. The molecule has 40 heavy (non-hydrogen) atoms. The fourth-order valence-electron chi connectivity index (χ4n) is 6.09. The van der Waals surface area contributed by atoms with Gasteiger partial charge in [-0.05, 0) is 65.0 Å². The van der Waals surface area contributed by atoms with Gasteiger partial charge in [-0.2, -0.15) is 0 Å². The number of aromatic nitrogens is 2. The molecule has 2 aromatic heterocycles. The Hall–Kier alpha value is -5.41. The molecule has 0 aliphatic heterocycles. The predicted molar refractivity (Wildman–Crippen MR) is 167 cm³/mol. The lowest BCUT2D eigenvalue weighted by Crippen LogP contribution is -2.19. The van der Waals surface area contributed by atoms with Crippen LogP contribution >= 0.6 is 0 Å². The van der Waals surface area contributed by atoms with Gasteiger partial charge in [-0.25, -0.2) is 0 Å². The number of rotatable bonds is 3. The van der Waals surface area contributed by atoms with Crippen molar-refractivity contribution in [1.29, 1.82) is 0 Å². The van der Waals surface area contributed by atoms with E-state index in [0.29, 0.717) is 0 Å². The molecule has 0 aliphatic rings. The van der Waals surface area contributed by atoms with Gasteiger partial charge in [0, 0.05) is 32.9 Å². The van der Waals surface area contributed by atoms with E-state index in [1.165, 1.54) is 21.8 Å². The van der Waals surface area contributed by atoms with E-state index < -0.39 is 0 Å². The van der Waals surface area contributed by atoms with Crippen LogP contribution in [-0.4, -0.2) is 9.13 Å². The van der Waals surface area contributed by atoms with E-state index in [2.05, 4.69) is 95.6 Å². The molecular weight excluding hydrogens is 488 g/mol. The van der Waals surface area contributed by atoms with Crippen molar-refractivity contribution in [2.45, 2.75) is 0 Å². The average Bonchev–Trinajstić information content (AvgIpc) is 3.36. The van der Waals surface area contributed by atoms with Crippen LogP contribution in [0.25, 0.3) is 66.0 Å². The summed E-state index contributed by atoms with van der Waals surface area (Å²) in [5.41, 5.74) is 7.54. The van der Waals surface area contributed by atoms with Crippen molar-refractivity contribution in [2.75, 3.05) is 0 Å². The third-order valence-electron chi connectivity index (χ3n) is 7.96. The monoisotopic (exact) mass is 512 g/mol. The highest BCUT2D eigenvalue weighted by Crippen LogP contribution is 2.33. The molecular formula is C37H24N2O. The van der Waals surface area contributed by atoms with Gasteiger partial charge in [0.1, 0.15) is 0 Å². The highest BCUT2D eigenvalue weighted by Gasteiger charge is 2.13. The summed E-state index contributed by atoms with van der Waals surface area (Å²) in [6.45, 7) is 0. The Bertz CT molecular complexity index is 2220. The molecule has 0 aliphatic carbocycles. The van der Waals surface area contributed by atoms with Crippen molar-refractivity contribution in [3.63, 3.8) is 0 Å². The fourth-order valence-corrected chi connectivity index (χ4v) is 6.09. The van der Waals surface area contributed by atoms with Gasteiger partial charge >= 0.3 is 0 Å². The van der Waals surface area contributed by atoms with Gasteiger partial charge in [0.25, 0.3) is 5.56 Å². The summed E-state index contributed by atoms with van der Waals surface area (Å²) < 4.78 is 4.15. The third kappa shape index (κ3) is 3.35. The molecule has 0 saturated carbocycles. The van der Waals surface area contributed by atoms with E-state index in [9.17, 15) is 4.79 Å². The first-order valence-electron chi connectivity index (χ1n) is 13.5. The highest BCUT2D eigenvalue weighted by molar-refractivity contribution is 6.09. The number of para-hydroxylation sites is 3. The van der Waals surface area contributed by atoms with Gasteiger partial charge in [-0.15, -0.1) is 0 Å². The summed E-state index contributed by atoms with van der Waals surface area (Å²) in [6.07, 6.45) is 0. The Labute approximate surface area is 230 Å². The van der Waals surface area contributed by atoms with Gasteiger partial charge in [-0.1, -0.05) is 97.1 Å². The number of nitrogens with zero attached hydrogens (tertiary/aromatic N) is 2. The average molecular weight is 513 g/mol. The summed E-state index contributed by atoms with van der Waals surface area (Å²) in [7, 11) is 0. The van der Waals surface area contributed by atoms with Gasteiger partial charge in [0.2, 0.25) is 0 Å². The lowest BCUT2D eigenvalue weighted by Gasteiger charge is -2.14. The third-order valence-corrected chi connectivity index (χ3v) is 7.96. The maximum Gasteiger partial charge on any atom is 0.263 e. The van der Waals surface area contributed by atoms with Crippen LogP contribution in [0.4, 0.5) is 0 Å². The quantitative estimate of drug-likeness (QED) is 0.217. The van der Waals surface area contributed by atoms with E-state index in [4.69, 9.17) is 0 Å². The van der Waals surface area contributed by atoms with E-state index >= 15 is 0 Å². The van der Waals surface area contributed by atoms with Crippen molar-refractivity contribution in [2.24, 2.45) is 0 Å². The minimum atomic E-state index is -0.00224. The Morgan fingerprint density at radius 3 is 1.18 bits per heavy atom.